The van der Waals surface area contributed by atoms with Gasteiger partial charge in [-0.2, -0.15) is 0 Å². The Balaban J connectivity index is 0.000000276. The molecule has 2 aromatic carbocycles. The smallest absolute Gasteiger partial charge is 0.410 e. The number of aryl methyl sites for hydroxylation is 4. The summed E-state index contributed by atoms with van der Waals surface area (Å²) in [7, 11) is 1.57. The van der Waals surface area contributed by atoms with Crippen LogP contribution >= 0.6 is 15.9 Å². The SMILES string of the molecule is CCN(c1cc(-c2ccc(OC)nc2)cc(C(=O)NCc2c(C)cc(C)[nH]c2=O)c1C)C1C[C@@H](C)N(C(=O)OC(C)(C)C)[C@H](C)C1.CCN(c1cc(Br)cc(C(=O)NCc2c(C)cc(C)[nH]c2=O)c1C)C1C[C@@H](C)N(C(=O)OC(C)(C)C)[C@H](C)C1. The second-order valence-corrected chi connectivity index (χ2v) is 26.0. The van der Waals surface area contributed by atoms with Crippen LogP contribution in [0.25, 0.3) is 11.1 Å². The predicted octanol–water partition coefficient (Wildman–Crippen LogP) is 12.3. The van der Waals surface area contributed by atoms with Gasteiger partial charge in [0.1, 0.15) is 11.2 Å². The third-order valence-corrected chi connectivity index (χ3v) is 16.5. The van der Waals surface area contributed by atoms with Crippen molar-refractivity contribution in [2.75, 3.05) is 30.0 Å². The predicted molar refractivity (Wildman–Crippen MR) is 341 cm³/mol. The van der Waals surface area contributed by atoms with Crippen LogP contribution in [0.4, 0.5) is 21.0 Å². The van der Waals surface area contributed by atoms with Gasteiger partial charge < -0.3 is 54.4 Å². The normalized spacial score (nSPS) is 18.8. The lowest BCUT2D eigenvalue weighted by Gasteiger charge is -2.47. The summed E-state index contributed by atoms with van der Waals surface area (Å²) in [5.74, 6) is 0.00795. The summed E-state index contributed by atoms with van der Waals surface area (Å²) in [6, 6.07) is 15.7. The zero-order valence-electron chi connectivity index (χ0n) is 53.6. The number of halogens is 1. The maximum Gasteiger partial charge on any atom is 0.410 e. The number of likely N-dealkylation sites (tertiary alicyclic amines) is 2. The number of hydrogen-bond acceptors (Lipinski definition) is 12. The van der Waals surface area contributed by atoms with Crippen LogP contribution in [0.5, 0.6) is 5.88 Å². The first-order valence-corrected chi connectivity index (χ1v) is 30.5. The monoisotopic (exact) mass is 1230 g/mol. The number of nitrogens with zero attached hydrogens (tertiary/aromatic N) is 5. The number of carbonyl (C=O) groups excluding carboxylic acids is 4. The highest BCUT2D eigenvalue weighted by Crippen LogP contribution is 2.38. The average molecular weight is 1240 g/mol. The van der Waals surface area contributed by atoms with Gasteiger partial charge in [-0.25, -0.2) is 14.6 Å². The molecule has 85 heavy (non-hydrogen) atoms. The van der Waals surface area contributed by atoms with Gasteiger partial charge in [-0.1, -0.05) is 15.9 Å². The molecule has 4 N–H and O–H groups in total. The Kier molecular flexibility index (Phi) is 22.0. The van der Waals surface area contributed by atoms with Crippen molar-refractivity contribution in [2.45, 2.75) is 211 Å². The van der Waals surface area contributed by atoms with E-state index in [1.54, 1.807) is 19.4 Å². The zero-order chi connectivity index (χ0) is 63.2. The number of hydrogen-bond donors (Lipinski definition) is 4. The third-order valence-electron chi connectivity index (χ3n) is 16.1. The van der Waals surface area contributed by atoms with Crippen molar-refractivity contribution in [3.8, 4) is 17.0 Å². The summed E-state index contributed by atoms with van der Waals surface area (Å²) in [5.41, 5.74) is 9.25. The molecule has 4 atom stereocenters. The molecule has 5 aromatic rings. The number of H-pyrrole nitrogens is 2. The number of aromatic nitrogens is 3. The molecule has 0 unspecified atom stereocenters. The van der Waals surface area contributed by atoms with E-state index in [1.807, 2.05) is 123 Å². The Morgan fingerprint density at radius 2 is 1.01 bits per heavy atom. The summed E-state index contributed by atoms with van der Waals surface area (Å²) in [6.07, 6.45) is 4.26. The summed E-state index contributed by atoms with van der Waals surface area (Å²) < 4.78 is 17.5. The van der Waals surface area contributed by atoms with Gasteiger partial charge >= 0.3 is 12.2 Å². The molecule has 2 aliphatic heterocycles. The van der Waals surface area contributed by atoms with Gasteiger partial charge in [0.25, 0.3) is 22.9 Å². The average Bonchev–Trinajstić information content (AvgIpc) is 1.45. The number of benzene rings is 2. The lowest BCUT2D eigenvalue weighted by molar-refractivity contribution is -0.00367. The molecule has 2 saturated heterocycles. The van der Waals surface area contributed by atoms with E-state index in [0.29, 0.717) is 34.7 Å². The Hall–Kier alpha value is -7.15. The highest BCUT2D eigenvalue weighted by molar-refractivity contribution is 9.10. The van der Waals surface area contributed by atoms with Gasteiger partial charge in [-0.05, 0) is 221 Å². The standard InChI is InChI=1S/C36H49N5O5.C30H43BrN4O4/c1-11-40(28-15-23(4)41(24(5)16-28)35(44)46-36(7,8)9)31-18-27(26-12-13-32(45-10)37-19-26)17-29(25(31)6)33(42)38-20-30-21(2)14-22(3)39-34(30)43;1-10-34(23-12-19(4)35(20(5)13-23)29(38)39-30(7,8)9)26-15-22(31)14-24(21(26)6)27(36)32-16-25-17(2)11-18(3)33-28(25)37/h12-14,17-19,23-24,28H,11,15-16,20H2,1-10H3,(H,38,42)(H,39,43);11,14-15,19-20,23H,10,12-13,16H2,1-9H3,(H,32,36)(H,33,37)/t23-,24-;19-,20-/m11/s1. The quantitative estimate of drug-likeness (QED) is 0.0818. The molecule has 19 heteroatoms. The zero-order valence-corrected chi connectivity index (χ0v) is 55.2. The van der Waals surface area contributed by atoms with E-state index >= 15 is 0 Å². The van der Waals surface area contributed by atoms with Crippen LogP contribution in [0.3, 0.4) is 0 Å². The molecule has 3 aromatic heterocycles. The number of nitrogens with one attached hydrogen (secondary N) is 4. The van der Waals surface area contributed by atoms with Crippen molar-refractivity contribution in [1.82, 2.24) is 35.4 Å². The maximum atomic E-state index is 13.9. The summed E-state index contributed by atoms with van der Waals surface area (Å²) in [4.78, 5) is 96.7. The van der Waals surface area contributed by atoms with Crippen molar-refractivity contribution < 1.29 is 33.4 Å². The number of rotatable bonds is 14. The van der Waals surface area contributed by atoms with Crippen molar-refractivity contribution in [2.24, 2.45) is 0 Å². The highest BCUT2D eigenvalue weighted by atomic mass is 79.9. The first-order chi connectivity index (χ1) is 39.7. The first kappa shape index (κ1) is 67.0. The molecular weight excluding hydrogens is 1140 g/mol. The van der Waals surface area contributed by atoms with Gasteiger partial charge in [0, 0.05) is 130 Å². The van der Waals surface area contributed by atoms with E-state index in [9.17, 15) is 28.8 Å². The number of carbonyl (C=O) groups is 4. The molecule has 0 aliphatic carbocycles. The van der Waals surface area contributed by atoms with Crippen LogP contribution < -0.4 is 36.3 Å². The first-order valence-electron chi connectivity index (χ1n) is 29.7. The number of ether oxygens (including phenoxy) is 3. The van der Waals surface area contributed by atoms with E-state index in [2.05, 4.69) is 105 Å². The van der Waals surface area contributed by atoms with E-state index in [4.69, 9.17) is 14.2 Å². The Morgan fingerprint density at radius 3 is 1.36 bits per heavy atom. The summed E-state index contributed by atoms with van der Waals surface area (Å²) in [6.45, 7) is 36.9. The largest absolute Gasteiger partial charge is 0.481 e. The third kappa shape index (κ3) is 16.6. The molecule has 5 heterocycles. The molecular formula is C66H92BrN9O9. The van der Waals surface area contributed by atoms with Gasteiger partial charge in [-0.3, -0.25) is 19.2 Å². The second kappa shape index (κ2) is 27.9. The van der Waals surface area contributed by atoms with Gasteiger partial charge in [0.2, 0.25) is 5.88 Å². The molecule has 18 nitrogen and oxygen atoms in total. The fourth-order valence-corrected chi connectivity index (χ4v) is 12.6. The van der Waals surface area contributed by atoms with Crippen LogP contribution in [0.1, 0.15) is 174 Å². The fraction of sp³-hybridized carbons (Fsp3) is 0.530. The molecule has 0 radical (unpaired) electrons. The molecule has 462 valence electrons. The van der Waals surface area contributed by atoms with Crippen LogP contribution in [0.2, 0.25) is 0 Å². The van der Waals surface area contributed by atoms with Gasteiger partial charge in [0.05, 0.1) is 7.11 Å². The van der Waals surface area contributed by atoms with E-state index in [1.165, 1.54) is 0 Å². The van der Waals surface area contributed by atoms with E-state index in [-0.39, 0.29) is 84.5 Å². The molecule has 2 aliphatic rings. The lowest BCUT2D eigenvalue weighted by atomic mass is 9.90. The van der Waals surface area contributed by atoms with Gasteiger partial charge in [0.15, 0.2) is 0 Å². The Morgan fingerprint density at radius 1 is 0.612 bits per heavy atom. The number of aromatic amines is 2. The fourth-order valence-electron chi connectivity index (χ4n) is 12.2. The van der Waals surface area contributed by atoms with Crippen molar-refractivity contribution in [3.63, 3.8) is 0 Å². The lowest BCUT2D eigenvalue weighted by Crippen LogP contribution is -2.56. The molecule has 4 amide bonds. The molecule has 0 spiro atoms. The second-order valence-electron chi connectivity index (χ2n) is 25.1. The molecule has 0 saturated carbocycles. The van der Waals surface area contributed by atoms with Crippen molar-refractivity contribution >= 4 is 51.3 Å². The topological polar surface area (TPSA) is 212 Å². The van der Waals surface area contributed by atoms with Gasteiger partial charge in [-0.15, -0.1) is 0 Å². The Bertz CT molecular complexity index is 3320. The number of amides is 4. The number of piperidine rings is 2. The van der Waals surface area contributed by atoms with Crippen LogP contribution in [-0.4, -0.2) is 116 Å². The molecule has 2 fully saturated rings. The van der Waals surface area contributed by atoms with E-state index < -0.39 is 11.2 Å². The Labute approximate surface area is 511 Å². The highest BCUT2D eigenvalue weighted by Gasteiger charge is 2.41. The molecule has 7 rings (SSSR count). The summed E-state index contributed by atoms with van der Waals surface area (Å²) >= 11 is 3.61. The maximum absolute atomic E-state index is 13.9. The minimum atomic E-state index is -0.570. The van der Waals surface area contributed by atoms with Crippen LogP contribution in [0, 0.1) is 41.5 Å². The minimum Gasteiger partial charge on any atom is -0.481 e. The number of methoxy groups -OCH3 is 1. The number of anilines is 2. The van der Waals surface area contributed by atoms with Crippen LogP contribution in [-0.2, 0) is 22.6 Å². The van der Waals surface area contributed by atoms with Crippen molar-refractivity contribution in [3.05, 3.63) is 136 Å². The van der Waals surface area contributed by atoms with Crippen LogP contribution in [0.15, 0.2) is 68.8 Å². The van der Waals surface area contributed by atoms with Crippen molar-refractivity contribution in [1.29, 1.82) is 0 Å². The minimum absolute atomic E-state index is 0.00807. The van der Waals surface area contributed by atoms with E-state index in [0.717, 1.165) is 92.8 Å². The number of pyridine rings is 3. The summed E-state index contributed by atoms with van der Waals surface area (Å²) in [5, 5.41) is 5.94. The molecule has 0 bridgehead atoms.